The molecular weight excluding hydrogens is 315 g/mol. The molecule has 6 nitrogen and oxygen atoms in total. The number of primary amides is 1. The molecule has 0 fully saturated rings. The number of carbonyl (C=O) groups is 2. The first kappa shape index (κ1) is 17.0. The van der Waals surface area contributed by atoms with Crippen LogP contribution in [-0.2, 0) is 4.79 Å². The first-order chi connectivity index (χ1) is 9.60. The second-order valence-electron chi connectivity index (χ2n) is 4.04. The van der Waals surface area contributed by atoms with Crippen molar-refractivity contribution >= 4 is 23.4 Å². The highest BCUT2D eigenvalue weighted by molar-refractivity contribution is 6.32. The van der Waals surface area contributed by atoms with Gasteiger partial charge in [0.25, 0.3) is 5.91 Å². The lowest BCUT2D eigenvalue weighted by atomic mass is 10.2. The molecule has 1 heterocycles. The number of amides is 2. The summed E-state index contributed by atoms with van der Waals surface area (Å²) in [6.07, 6.45) is -3.53. The van der Waals surface area contributed by atoms with Crippen LogP contribution >= 0.6 is 11.6 Å². The van der Waals surface area contributed by atoms with Crippen LogP contribution in [0.4, 0.5) is 13.2 Å². The van der Waals surface area contributed by atoms with Crippen molar-refractivity contribution in [2.45, 2.75) is 6.18 Å². The van der Waals surface area contributed by atoms with Gasteiger partial charge in [-0.15, -0.1) is 0 Å². The number of aromatic nitrogens is 1. The minimum absolute atomic E-state index is 0.0110. The number of rotatable bonds is 5. The molecule has 0 atom stereocenters. The van der Waals surface area contributed by atoms with Crippen molar-refractivity contribution < 1.29 is 27.5 Å². The molecule has 2 amide bonds. The summed E-state index contributed by atoms with van der Waals surface area (Å²) in [5, 5.41) is -0.252. The highest BCUT2D eigenvalue weighted by Crippen LogP contribution is 2.25. The lowest BCUT2D eigenvalue weighted by molar-refractivity contribution is -0.154. The monoisotopic (exact) mass is 325 g/mol. The zero-order valence-electron chi connectivity index (χ0n) is 10.8. The van der Waals surface area contributed by atoms with E-state index in [1.54, 1.807) is 0 Å². The van der Waals surface area contributed by atoms with E-state index >= 15 is 0 Å². The first-order valence-electron chi connectivity index (χ1n) is 5.49. The van der Waals surface area contributed by atoms with Gasteiger partial charge in [0.05, 0.1) is 12.1 Å². The molecule has 0 aromatic carbocycles. The summed E-state index contributed by atoms with van der Waals surface area (Å²) in [7, 11) is 1.33. The molecule has 0 bridgehead atoms. The van der Waals surface area contributed by atoms with Crippen molar-refractivity contribution in [1.29, 1.82) is 0 Å². The van der Waals surface area contributed by atoms with E-state index < -0.39 is 30.5 Å². The number of halogens is 4. The summed E-state index contributed by atoms with van der Waals surface area (Å²) >= 11 is 5.70. The number of carbonyl (C=O) groups excluding carboxylic acids is 2. The Labute approximate surface area is 122 Å². The predicted octanol–water partition coefficient (Wildman–Crippen LogP) is 1.23. The molecule has 0 aliphatic carbocycles. The van der Waals surface area contributed by atoms with Gasteiger partial charge in [-0.3, -0.25) is 9.59 Å². The average Bonchev–Trinajstić information content (AvgIpc) is 2.34. The molecular formula is C11H11ClF3N3O3. The Morgan fingerprint density at radius 1 is 1.48 bits per heavy atom. The topological polar surface area (TPSA) is 85.5 Å². The highest BCUT2D eigenvalue weighted by Gasteiger charge is 2.29. The Hall–Kier alpha value is -2.03. The van der Waals surface area contributed by atoms with E-state index in [1.807, 2.05) is 0 Å². The Kier molecular flexibility index (Phi) is 5.36. The van der Waals surface area contributed by atoms with Gasteiger partial charge in [-0.1, -0.05) is 11.6 Å². The summed E-state index contributed by atoms with van der Waals surface area (Å²) < 4.78 is 40.4. The maximum absolute atomic E-state index is 12.0. The summed E-state index contributed by atoms with van der Waals surface area (Å²) in [4.78, 5) is 27.1. The van der Waals surface area contributed by atoms with Crippen LogP contribution < -0.4 is 10.5 Å². The maximum Gasteiger partial charge on any atom is 0.422 e. The Morgan fingerprint density at radius 3 is 2.57 bits per heavy atom. The van der Waals surface area contributed by atoms with Gasteiger partial charge in [0, 0.05) is 13.2 Å². The van der Waals surface area contributed by atoms with Gasteiger partial charge in [0.15, 0.2) is 6.61 Å². The molecule has 1 aromatic heterocycles. The molecule has 10 heteroatoms. The van der Waals surface area contributed by atoms with Crippen molar-refractivity contribution in [2.24, 2.45) is 5.73 Å². The third-order valence-corrected chi connectivity index (χ3v) is 2.44. The second kappa shape index (κ2) is 6.61. The predicted molar refractivity (Wildman–Crippen MR) is 67.0 cm³/mol. The molecule has 21 heavy (non-hydrogen) atoms. The number of alkyl halides is 3. The van der Waals surface area contributed by atoms with E-state index in [-0.39, 0.29) is 17.1 Å². The van der Waals surface area contributed by atoms with E-state index in [9.17, 15) is 22.8 Å². The third kappa shape index (κ3) is 5.46. The van der Waals surface area contributed by atoms with Crippen LogP contribution in [0.3, 0.4) is 0 Å². The summed E-state index contributed by atoms with van der Waals surface area (Å²) in [6.45, 7) is -1.86. The van der Waals surface area contributed by atoms with Crippen LogP contribution in [0, 0.1) is 0 Å². The van der Waals surface area contributed by atoms with Crippen LogP contribution in [0.5, 0.6) is 5.88 Å². The number of likely N-dealkylation sites (N-methyl/N-ethyl adjacent to an activating group) is 1. The van der Waals surface area contributed by atoms with Gasteiger partial charge in [0.2, 0.25) is 11.8 Å². The van der Waals surface area contributed by atoms with Crippen LogP contribution in [0.1, 0.15) is 10.4 Å². The maximum atomic E-state index is 12.0. The Bertz CT molecular complexity index is 551. The molecule has 0 radical (unpaired) electrons. The van der Waals surface area contributed by atoms with E-state index in [0.29, 0.717) is 0 Å². The van der Waals surface area contributed by atoms with Crippen molar-refractivity contribution in [1.82, 2.24) is 9.88 Å². The van der Waals surface area contributed by atoms with Gasteiger partial charge in [0.1, 0.15) is 5.02 Å². The molecule has 0 aliphatic rings. The number of nitrogens with two attached hydrogens (primary N) is 1. The quantitative estimate of drug-likeness (QED) is 0.882. The molecule has 0 saturated heterocycles. The SMILES string of the molecule is CN(CC(N)=O)C(=O)c1cnc(OCC(F)(F)F)c(Cl)c1. The second-order valence-corrected chi connectivity index (χ2v) is 4.45. The molecule has 0 unspecified atom stereocenters. The van der Waals surface area contributed by atoms with Gasteiger partial charge < -0.3 is 15.4 Å². The fourth-order valence-electron chi connectivity index (χ4n) is 1.32. The zero-order valence-corrected chi connectivity index (χ0v) is 11.5. The van der Waals surface area contributed by atoms with Crippen LogP contribution in [0.2, 0.25) is 5.02 Å². The molecule has 0 aliphatic heterocycles. The summed E-state index contributed by atoms with van der Waals surface area (Å²) in [5.41, 5.74) is 4.93. The van der Waals surface area contributed by atoms with Gasteiger partial charge in [-0.25, -0.2) is 4.98 Å². The lowest BCUT2D eigenvalue weighted by Crippen LogP contribution is -2.35. The summed E-state index contributed by atoms with van der Waals surface area (Å²) in [5.74, 6) is -1.76. The standard InChI is InChI=1S/C11H11ClF3N3O3/c1-18(4-8(16)19)10(20)6-2-7(12)9(17-3-6)21-5-11(13,14)15/h2-3H,4-5H2,1H3,(H2,16,19). The van der Waals surface area contributed by atoms with Gasteiger partial charge in [-0.05, 0) is 6.07 Å². The van der Waals surface area contributed by atoms with E-state index in [4.69, 9.17) is 17.3 Å². The molecule has 2 N–H and O–H groups in total. The van der Waals surface area contributed by atoms with Gasteiger partial charge >= 0.3 is 6.18 Å². The number of nitrogens with zero attached hydrogens (tertiary/aromatic N) is 2. The van der Waals surface area contributed by atoms with Crippen molar-refractivity contribution in [3.63, 3.8) is 0 Å². The number of hydrogen-bond acceptors (Lipinski definition) is 4. The number of ether oxygens (including phenoxy) is 1. The zero-order chi connectivity index (χ0) is 16.2. The highest BCUT2D eigenvalue weighted by atomic mass is 35.5. The molecule has 0 spiro atoms. The fraction of sp³-hybridized carbons (Fsp3) is 0.364. The Balaban J connectivity index is 2.82. The molecule has 1 aromatic rings. The Morgan fingerprint density at radius 2 is 2.10 bits per heavy atom. The smallest absolute Gasteiger partial charge is 0.422 e. The first-order valence-corrected chi connectivity index (χ1v) is 5.87. The van der Waals surface area contributed by atoms with Crippen molar-refractivity contribution in [3.05, 3.63) is 22.8 Å². The number of hydrogen-bond donors (Lipinski definition) is 1. The normalized spacial score (nSPS) is 11.1. The van der Waals surface area contributed by atoms with Crippen molar-refractivity contribution in [3.8, 4) is 5.88 Å². The fourth-order valence-corrected chi connectivity index (χ4v) is 1.55. The number of pyridine rings is 1. The van der Waals surface area contributed by atoms with Crippen LogP contribution in [0.15, 0.2) is 12.3 Å². The van der Waals surface area contributed by atoms with Crippen molar-refractivity contribution in [2.75, 3.05) is 20.2 Å². The van der Waals surface area contributed by atoms with Crippen LogP contribution in [0.25, 0.3) is 0 Å². The van der Waals surface area contributed by atoms with E-state index in [0.717, 1.165) is 17.2 Å². The average molecular weight is 326 g/mol. The minimum atomic E-state index is -4.53. The van der Waals surface area contributed by atoms with Crippen LogP contribution in [-0.4, -0.2) is 48.1 Å². The third-order valence-electron chi connectivity index (χ3n) is 2.17. The van der Waals surface area contributed by atoms with E-state index in [2.05, 4.69) is 9.72 Å². The minimum Gasteiger partial charge on any atom is -0.467 e. The summed E-state index contributed by atoms with van der Waals surface area (Å²) in [6, 6.07) is 1.10. The van der Waals surface area contributed by atoms with Gasteiger partial charge in [-0.2, -0.15) is 13.2 Å². The lowest BCUT2D eigenvalue weighted by Gasteiger charge is -2.15. The van der Waals surface area contributed by atoms with E-state index in [1.165, 1.54) is 7.05 Å². The molecule has 1 rings (SSSR count). The molecule has 116 valence electrons. The molecule has 0 saturated carbocycles. The largest absolute Gasteiger partial charge is 0.467 e.